The summed E-state index contributed by atoms with van der Waals surface area (Å²) < 4.78 is -1.52. The van der Waals surface area contributed by atoms with Gasteiger partial charge < -0.3 is 0 Å². The van der Waals surface area contributed by atoms with Gasteiger partial charge in [-0.2, -0.15) is 0 Å². The van der Waals surface area contributed by atoms with Crippen molar-refractivity contribution in [2.45, 2.75) is 278 Å². The Balaban J connectivity index is 7.90. The van der Waals surface area contributed by atoms with Crippen molar-refractivity contribution in [3.05, 3.63) is 0 Å². The first-order valence-electron chi connectivity index (χ1n) is 24.2. The van der Waals surface area contributed by atoms with Crippen molar-refractivity contribution >= 4 is 35.1 Å². The smallest absolute Gasteiger partial charge is 0.291 e. The molecule has 0 saturated heterocycles. The Morgan fingerprint density at radius 3 is 0.643 bits per heavy atom. The molecule has 3 amide bonds. The van der Waals surface area contributed by atoms with Gasteiger partial charge in [-0.15, -0.1) is 4.48 Å². The highest BCUT2D eigenvalue weighted by atomic mass is 16.2. The van der Waals surface area contributed by atoms with Crippen LogP contribution >= 0.6 is 0 Å². The van der Waals surface area contributed by atoms with Gasteiger partial charge in [0, 0.05) is 19.3 Å². The third-order valence-corrected chi connectivity index (χ3v) is 11.8. The molecule has 0 heterocycles. The van der Waals surface area contributed by atoms with E-state index >= 15 is 28.8 Å². The van der Waals surface area contributed by atoms with Crippen LogP contribution in [-0.4, -0.2) is 45.1 Å². The molecule has 0 aliphatic heterocycles. The van der Waals surface area contributed by atoms with Crippen LogP contribution in [0.2, 0.25) is 0 Å². The van der Waals surface area contributed by atoms with Crippen molar-refractivity contribution in [3.63, 3.8) is 0 Å². The van der Waals surface area contributed by atoms with E-state index in [4.69, 9.17) is 0 Å². The Bertz CT molecular complexity index is 867. The summed E-state index contributed by atoms with van der Waals surface area (Å²) in [4.78, 5) is 92.0. The normalized spacial score (nSPS) is 11.9. The average molecular weight is 789 g/mol. The van der Waals surface area contributed by atoms with E-state index in [1.807, 2.05) is 0 Å². The monoisotopic (exact) mass is 789 g/mol. The Morgan fingerprint density at radius 2 is 0.446 bits per heavy atom. The number of imide groups is 3. The van der Waals surface area contributed by atoms with Crippen molar-refractivity contribution in [3.8, 4) is 0 Å². The lowest BCUT2D eigenvalue weighted by Gasteiger charge is -2.44. The maximum Gasteiger partial charge on any atom is 0.330 e. The largest absolute Gasteiger partial charge is 0.330 e. The molecule has 0 atom stereocenters. The summed E-state index contributed by atoms with van der Waals surface area (Å²) in [6.07, 6.45) is 24.3. The lowest BCUT2D eigenvalue weighted by atomic mass is 9.73. The maximum absolute atomic E-state index is 15.3. The molecule has 0 aliphatic carbocycles. The number of quaternary nitrogens is 1. The number of carbonyl (C=O) groups is 6. The highest BCUT2D eigenvalue weighted by Crippen LogP contribution is 2.39. The van der Waals surface area contributed by atoms with Gasteiger partial charge >= 0.3 is 17.7 Å². The number of amides is 3. The van der Waals surface area contributed by atoms with Crippen LogP contribution in [0.1, 0.15) is 273 Å². The molecule has 0 N–H and O–H groups in total. The minimum absolute atomic E-state index is 0.0931. The predicted octanol–water partition coefficient (Wildman–Crippen LogP) is 14.0. The number of carbonyl (C=O) groups excluding carboxylic acids is 6. The Labute approximate surface area is 345 Å². The number of rotatable bonds is 40. The summed E-state index contributed by atoms with van der Waals surface area (Å²) in [5.41, 5.74) is -2.65. The second-order valence-electron chi connectivity index (χ2n) is 16.8. The molecule has 0 aromatic rings. The first-order chi connectivity index (χ1) is 27.1. The molecule has 0 fully saturated rings. The molecule has 0 saturated carbocycles. The van der Waals surface area contributed by atoms with Gasteiger partial charge in [0.15, 0.2) is 0 Å². The van der Waals surface area contributed by atoms with E-state index in [1.165, 1.54) is 0 Å². The summed E-state index contributed by atoms with van der Waals surface area (Å²) in [5.74, 6) is -4.08. The second kappa shape index (κ2) is 35.0. The van der Waals surface area contributed by atoms with E-state index in [2.05, 4.69) is 41.5 Å². The molecule has 7 heteroatoms. The molecule has 0 spiro atoms. The van der Waals surface area contributed by atoms with Crippen LogP contribution in [0.15, 0.2) is 0 Å². The first-order valence-corrected chi connectivity index (χ1v) is 24.2. The van der Waals surface area contributed by atoms with Crippen LogP contribution in [0.3, 0.4) is 0 Å². The van der Waals surface area contributed by atoms with Gasteiger partial charge in [0.2, 0.25) is 17.3 Å². The Kier molecular flexibility index (Phi) is 33.7. The van der Waals surface area contributed by atoms with Crippen LogP contribution in [0.25, 0.3) is 0 Å². The molecule has 0 unspecified atom stereocenters. The van der Waals surface area contributed by atoms with E-state index in [0.717, 1.165) is 154 Å². The first kappa shape index (κ1) is 54.0. The van der Waals surface area contributed by atoms with Crippen molar-refractivity contribution in [2.75, 3.05) is 0 Å². The van der Waals surface area contributed by atoms with Crippen LogP contribution in [0.4, 0.5) is 0 Å². The Hall–Kier alpha value is -2.02. The van der Waals surface area contributed by atoms with Crippen molar-refractivity contribution in [1.82, 2.24) is 0 Å². The molecular formula is C49H90NO6+. The maximum atomic E-state index is 15.3. The van der Waals surface area contributed by atoms with Gasteiger partial charge in [-0.1, -0.05) is 196 Å². The summed E-state index contributed by atoms with van der Waals surface area (Å²) >= 11 is 0. The topological polar surface area (TPSA) is 102 Å². The number of unbranched alkanes of at least 4 members (excludes halogenated alkanes) is 24. The van der Waals surface area contributed by atoms with Crippen LogP contribution in [0, 0.1) is 0 Å². The average Bonchev–Trinajstić information content (AvgIpc) is 3.18. The third-order valence-electron chi connectivity index (χ3n) is 11.8. The quantitative estimate of drug-likeness (QED) is 0.0348. The minimum Gasteiger partial charge on any atom is -0.291 e. The summed E-state index contributed by atoms with van der Waals surface area (Å²) in [5, 5.41) is 0. The summed E-state index contributed by atoms with van der Waals surface area (Å²) in [7, 11) is 0. The number of nitrogens with zero attached hydrogens (tertiary/aromatic N) is 1. The third kappa shape index (κ3) is 18.7. The lowest BCUT2D eigenvalue weighted by molar-refractivity contribution is -0.730. The molecule has 326 valence electrons. The van der Waals surface area contributed by atoms with Crippen LogP contribution < -0.4 is 0 Å². The van der Waals surface area contributed by atoms with E-state index < -0.39 is 45.1 Å². The molecule has 0 bridgehead atoms. The fourth-order valence-electron chi connectivity index (χ4n) is 8.36. The molecule has 0 radical (unpaired) electrons. The van der Waals surface area contributed by atoms with E-state index in [1.54, 1.807) is 0 Å². The fraction of sp³-hybridized carbons (Fsp3) is 0.878. The van der Waals surface area contributed by atoms with Gasteiger partial charge in [-0.25, -0.2) is 14.4 Å². The van der Waals surface area contributed by atoms with Gasteiger partial charge in [0.1, 0.15) is 0 Å². The predicted molar refractivity (Wildman–Crippen MR) is 233 cm³/mol. The molecule has 7 nitrogen and oxygen atoms in total. The van der Waals surface area contributed by atoms with Crippen molar-refractivity contribution in [1.29, 1.82) is 0 Å². The molecular weight excluding hydrogens is 699 g/mol. The SMILES string of the molecule is CCCCCCCC(=O)C(C(=O)CCCCCCC)(C(=O)CCCCCCC)[N+](C(=O)CCCCCCC)(C(=O)CCCCCCC)C(=O)CCCCCCC. The number of hydrogen-bond acceptors (Lipinski definition) is 6. The second-order valence-corrected chi connectivity index (χ2v) is 16.8. The molecule has 56 heavy (non-hydrogen) atoms. The molecule has 0 aromatic carbocycles. The minimum atomic E-state index is -2.65. The number of hydrogen-bond donors (Lipinski definition) is 0. The van der Waals surface area contributed by atoms with Gasteiger partial charge in [0.05, 0.1) is 19.3 Å². The molecule has 0 rings (SSSR count). The van der Waals surface area contributed by atoms with Crippen LogP contribution in [0.5, 0.6) is 0 Å². The van der Waals surface area contributed by atoms with Crippen molar-refractivity contribution in [2.24, 2.45) is 0 Å². The van der Waals surface area contributed by atoms with E-state index in [9.17, 15) is 0 Å². The zero-order chi connectivity index (χ0) is 41.9. The zero-order valence-corrected chi connectivity index (χ0v) is 37.9. The van der Waals surface area contributed by atoms with E-state index in [-0.39, 0.29) is 38.5 Å². The van der Waals surface area contributed by atoms with Crippen molar-refractivity contribution < 1.29 is 33.3 Å². The highest BCUT2D eigenvalue weighted by molar-refractivity contribution is 6.31. The summed E-state index contributed by atoms with van der Waals surface area (Å²) in [6, 6.07) is 0. The van der Waals surface area contributed by atoms with E-state index in [0.29, 0.717) is 38.5 Å². The Morgan fingerprint density at radius 1 is 0.268 bits per heavy atom. The van der Waals surface area contributed by atoms with Gasteiger partial charge in [-0.3, -0.25) is 14.4 Å². The summed E-state index contributed by atoms with van der Waals surface area (Å²) in [6.45, 7) is 12.7. The molecule has 0 aromatic heterocycles. The molecule has 0 aliphatic rings. The standard InChI is InChI=1S/C49H90NO6/c1-7-13-19-25-31-37-43(51)49(44(52)38-32-26-20-14-8-2,45(53)39-33-27-21-15-9-3)50(46(54)40-34-28-22-16-10-4,47(55)41-35-29-23-17-11-5)48(56)42-36-30-24-18-12-6/h7-42H2,1-6H3/q+1. The zero-order valence-electron chi connectivity index (χ0n) is 37.9. The number of ketones is 3. The highest BCUT2D eigenvalue weighted by Gasteiger charge is 2.74. The fourth-order valence-corrected chi connectivity index (χ4v) is 8.36. The van der Waals surface area contributed by atoms with Gasteiger partial charge in [0.25, 0.3) is 5.54 Å². The van der Waals surface area contributed by atoms with Crippen LogP contribution in [-0.2, 0) is 28.8 Å². The lowest BCUT2D eigenvalue weighted by Crippen LogP contribution is -2.81. The van der Waals surface area contributed by atoms with Gasteiger partial charge in [-0.05, 0) is 38.5 Å². The number of Topliss-reactive ketones (excluding diaryl/α,β-unsaturated/α-hetero) is 3.